The number of H-pyrrole nitrogens is 1. The van der Waals surface area contributed by atoms with Crippen molar-refractivity contribution in [3.63, 3.8) is 0 Å². The fourth-order valence-electron chi connectivity index (χ4n) is 1.26. The van der Waals surface area contributed by atoms with Gasteiger partial charge in [-0.25, -0.2) is 0 Å². The summed E-state index contributed by atoms with van der Waals surface area (Å²) in [7, 11) is 0. The molecule has 4 heteroatoms. The molecule has 0 bridgehead atoms. The van der Waals surface area contributed by atoms with Gasteiger partial charge in [-0.05, 0) is 18.6 Å². The number of aromatic amines is 1. The molecule has 1 aromatic heterocycles. The molecule has 0 atom stereocenters. The first-order chi connectivity index (χ1) is 6.25. The Morgan fingerprint density at radius 3 is 2.64 bits per heavy atom. The maximum Gasteiger partial charge on any atom is 1.00 e. The summed E-state index contributed by atoms with van der Waals surface area (Å²) in [5.41, 5.74) is 2.71. The summed E-state index contributed by atoms with van der Waals surface area (Å²) in [6.45, 7) is 2.01. The van der Waals surface area contributed by atoms with E-state index in [1.54, 1.807) is 0 Å². The van der Waals surface area contributed by atoms with Crippen LogP contribution < -0.4 is 62.0 Å². The van der Waals surface area contributed by atoms with Gasteiger partial charge in [0.2, 0.25) is 0 Å². The zero-order valence-corrected chi connectivity index (χ0v) is 11.4. The van der Waals surface area contributed by atoms with Gasteiger partial charge in [0, 0.05) is 5.69 Å². The Balaban J connectivity index is 0.000000980. The molecular weight excluding hydrogens is 203 g/mol. The molecule has 1 heterocycles. The van der Waals surface area contributed by atoms with E-state index in [1.165, 1.54) is 11.6 Å². The number of nitrogens with zero attached hydrogens (tertiary/aromatic N) is 1. The molecule has 2 rings (SSSR count). The van der Waals surface area contributed by atoms with E-state index in [4.69, 9.17) is 0 Å². The molecular formula is C10H9KN2O. The van der Waals surface area contributed by atoms with Crippen LogP contribution in [0.5, 0.6) is 0 Å². The number of hydrogen-bond acceptors (Lipinski definition) is 1. The van der Waals surface area contributed by atoms with E-state index in [0.29, 0.717) is 0 Å². The van der Waals surface area contributed by atoms with E-state index in [-0.39, 0.29) is 56.9 Å². The molecule has 0 saturated heterocycles. The van der Waals surface area contributed by atoms with Gasteiger partial charge in [-0.3, -0.25) is 0 Å². The Labute approximate surface area is 124 Å². The van der Waals surface area contributed by atoms with E-state index in [1.807, 2.05) is 31.2 Å². The zero-order chi connectivity index (χ0) is 9.26. The van der Waals surface area contributed by atoms with Gasteiger partial charge in [0.15, 0.2) is 0 Å². The Morgan fingerprint density at radius 1 is 1.29 bits per heavy atom. The second-order valence-corrected chi connectivity index (χ2v) is 2.99. The molecule has 1 N–H and O–H groups in total. The van der Waals surface area contributed by atoms with Crippen LogP contribution in [0, 0.1) is 6.92 Å². The minimum absolute atomic E-state index is 0. The first-order valence-corrected chi connectivity index (χ1v) is 4.05. The first-order valence-electron chi connectivity index (χ1n) is 4.05. The molecule has 14 heavy (non-hydrogen) atoms. The van der Waals surface area contributed by atoms with Crippen LogP contribution in [0.1, 0.15) is 5.56 Å². The molecule has 2 aromatic rings. The van der Waals surface area contributed by atoms with Crippen LogP contribution in [-0.4, -0.2) is 5.10 Å². The van der Waals surface area contributed by atoms with Gasteiger partial charge in [0.25, 0.3) is 0 Å². The van der Waals surface area contributed by atoms with E-state index in [9.17, 15) is 4.79 Å². The molecule has 0 unspecified atom stereocenters. The van der Waals surface area contributed by atoms with E-state index < -0.39 is 0 Å². The van der Waals surface area contributed by atoms with Gasteiger partial charge in [0.1, 0.15) is 0 Å². The average molecular weight is 212 g/mol. The van der Waals surface area contributed by atoms with E-state index in [0.717, 1.165) is 11.3 Å². The van der Waals surface area contributed by atoms with Crippen molar-refractivity contribution in [2.24, 2.45) is 0 Å². The molecule has 0 fully saturated rings. The van der Waals surface area contributed by atoms with E-state index in [2.05, 4.69) is 10.2 Å². The predicted octanol–water partition coefficient (Wildman–Crippen LogP) is -1.69. The minimum Gasteiger partial charge on any atom is -0.563 e. The molecule has 0 spiro atoms. The fourth-order valence-corrected chi connectivity index (χ4v) is 1.26. The van der Waals surface area contributed by atoms with Crippen molar-refractivity contribution in [1.29, 1.82) is 0 Å². The molecule has 0 saturated carbocycles. The maximum atomic E-state index is 10.8. The van der Waals surface area contributed by atoms with Crippen LogP contribution in [-0.2, 0) is 0 Å². The Morgan fingerprint density at radius 2 is 2.07 bits per heavy atom. The van der Waals surface area contributed by atoms with Crippen LogP contribution in [0.25, 0.3) is 11.3 Å². The summed E-state index contributed by atoms with van der Waals surface area (Å²) < 4.78 is 0. The van der Waals surface area contributed by atoms with Crippen molar-refractivity contribution in [3.05, 3.63) is 46.2 Å². The summed E-state index contributed by atoms with van der Waals surface area (Å²) in [5, 5.41) is 6.23. The number of hydrogen-bond donors (Lipinski definition) is 1. The fraction of sp³-hybridized carbons (Fsp3) is 0.100. The quantitative estimate of drug-likeness (QED) is 0.574. The molecule has 0 aliphatic heterocycles. The molecule has 66 valence electrons. The largest absolute Gasteiger partial charge is 1.00 e. The van der Waals surface area contributed by atoms with Crippen molar-refractivity contribution < 1.29 is 51.4 Å². The number of nitrogens with one attached hydrogen (secondary N) is 1. The molecule has 0 aliphatic carbocycles. The topological polar surface area (TPSA) is 47.0 Å². The van der Waals surface area contributed by atoms with Crippen LogP contribution >= 0.6 is 0 Å². The number of aromatic nitrogens is 2. The van der Waals surface area contributed by atoms with Gasteiger partial charge in [-0.2, -0.15) is 0 Å². The maximum absolute atomic E-state index is 10.8. The smallest absolute Gasteiger partial charge is 0.563 e. The number of benzene rings is 1. The monoisotopic (exact) mass is 212 g/mol. The zero-order valence-electron chi connectivity index (χ0n) is 8.24. The summed E-state index contributed by atoms with van der Waals surface area (Å²) in [4.78, 5) is 10.8. The summed E-state index contributed by atoms with van der Waals surface area (Å²) in [6, 6.07) is 9.41. The number of rotatable bonds is 1. The number of aryl methyl sites for hydroxylation is 1. The summed E-state index contributed by atoms with van der Waals surface area (Å²) in [5.74, 6) is 0. The van der Waals surface area contributed by atoms with Crippen LogP contribution in [0.3, 0.4) is 0 Å². The summed E-state index contributed by atoms with van der Waals surface area (Å²) >= 11 is 0. The SMILES string of the molecule is Cc1cccc(-c2cc(=O)[n-][nH]2)c1.[K+]. The van der Waals surface area contributed by atoms with Crippen molar-refractivity contribution in [2.75, 3.05) is 0 Å². The first kappa shape index (κ1) is 11.9. The van der Waals surface area contributed by atoms with Gasteiger partial charge in [-0.15, -0.1) is 0 Å². The Bertz CT molecular complexity index is 473. The van der Waals surface area contributed by atoms with E-state index >= 15 is 0 Å². The van der Waals surface area contributed by atoms with Crippen LogP contribution in [0.4, 0.5) is 0 Å². The molecule has 0 radical (unpaired) electrons. The predicted molar refractivity (Wildman–Crippen MR) is 50.6 cm³/mol. The molecule has 3 nitrogen and oxygen atoms in total. The molecule has 0 aliphatic rings. The van der Waals surface area contributed by atoms with Gasteiger partial charge < -0.3 is 15.0 Å². The van der Waals surface area contributed by atoms with Crippen molar-refractivity contribution in [1.82, 2.24) is 10.2 Å². The molecule has 1 aromatic carbocycles. The van der Waals surface area contributed by atoms with Crippen molar-refractivity contribution >= 4 is 0 Å². The Kier molecular flexibility index (Phi) is 4.34. The minimum atomic E-state index is -0.225. The average Bonchev–Trinajstić information content (AvgIpc) is 2.52. The third-order valence-electron chi connectivity index (χ3n) is 1.88. The van der Waals surface area contributed by atoms with Gasteiger partial charge in [-0.1, -0.05) is 29.8 Å². The van der Waals surface area contributed by atoms with Crippen LogP contribution in [0.15, 0.2) is 35.1 Å². The second kappa shape index (κ2) is 5.09. The normalized spacial score (nSPS) is 9.50. The van der Waals surface area contributed by atoms with Crippen molar-refractivity contribution in [2.45, 2.75) is 6.92 Å². The standard InChI is InChI=1S/C10H10N2O.K/c1-7-3-2-4-8(5-7)9-6-10(13)12-11-9;/h2-6H,1H3,(H2,11,12,13);/q;+1/p-1. The molecule has 0 amide bonds. The second-order valence-electron chi connectivity index (χ2n) is 2.99. The third kappa shape index (κ3) is 2.68. The van der Waals surface area contributed by atoms with Gasteiger partial charge >= 0.3 is 51.4 Å². The van der Waals surface area contributed by atoms with Gasteiger partial charge in [0.05, 0.1) is 5.56 Å². The van der Waals surface area contributed by atoms with Crippen LogP contribution in [0.2, 0.25) is 0 Å². The summed E-state index contributed by atoms with van der Waals surface area (Å²) in [6.07, 6.45) is 0. The third-order valence-corrected chi connectivity index (χ3v) is 1.88. The Hall–Kier alpha value is -0.134. The van der Waals surface area contributed by atoms with Crippen molar-refractivity contribution in [3.8, 4) is 11.3 Å².